The molecule has 0 unspecified atom stereocenters. The first kappa shape index (κ1) is 21.9. The molecule has 0 heterocycles. The summed E-state index contributed by atoms with van der Waals surface area (Å²) in [6.45, 7) is 2.20. The Morgan fingerprint density at radius 1 is 0.750 bits per heavy atom. The lowest BCUT2D eigenvalue weighted by Gasteiger charge is -2.12. The Kier molecular flexibility index (Phi) is 6.46. The zero-order valence-corrected chi connectivity index (χ0v) is 18.0. The van der Waals surface area contributed by atoms with Crippen LogP contribution in [0.1, 0.15) is 50.2 Å². The van der Waals surface area contributed by atoms with Gasteiger partial charge in [-0.3, -0.25) is 0 Å². The fraction of sp³-hybridized carbons (Fsp3) is 0.250. The molecule has 4 heteroatoms. The van der Waals surface area contributed by atoms with Crippen molar-refractivity contribution in [2.24, 2.45) is 0 Å². The van der Waals surface area contributed by atoms with E-state index in [0.29, 0.717) is 5.39 Å². The fourth-order valence-corrected chi connectivity index (χ4v) is 4.30. The Labute approximate surface area is 186 Å². The number of halogens is 3. The van der Waals surface area contributed by atoms with Gasteiger partial charge in [0.1, 0.15) is 23.5 Å². The van der Waals surface area contributed by atoms with Crippen LogP contribution in [0.4, 0.5) is 13.2 Å². The molecule has 0 fully saturated rings. The van der Waals surface area contributed by atoms with Crippen molar-refractivity contribution >= 4 is 21.5 Å². The minimum Gasteiger partial charge on any atom is -0.206 e. The predicted octanol–water partition coefficient (Wildman–Crippen LogP) is 8.46. The summed E-state index contributed by atoms with van der Waals surface area (Å²) in [5.74, 6) is -2.29. The summed E-state index contributed by atoms with van der Waals surface area (Å²) in [6, 6.07) is 16.2. The normalized spacial score (nSPS) is 11.2. The number of nitrogens with zero attached hydrogens (tertiary/aromatic N) is 1. The molecule has 162 valence electrons. The fourth-order valence-electron chi connectivity index (χ4n) is 4.30. The van der Waals surface area contributed by atoms with Crippen LogP contribution in [0.25, 0.3) is 32.7 Å². The van der Waals surface area contributed by atoms with Crippen molar-refractivity contribution in [3.8, 4) is 17.2 Å². The highest BCUT2D eigenvalue weighted by Gasteiger charge is 2.18. The summed E-state index contributed by atoms with van der Waals surface area (Å²) in [4.78, 5) is 0. The van der Waals surface area contributed by atoms with Crippen LogP contribution in [-0.2, 0) is 6.42 Å². The molecule has 4 rings (SSSR count). The average molecular weight is 432 g/mol. The van der Waals surface area contributed by atoms with Gasteiger partial charge in [0.05, 0.1) is 11.1 Å². The maximum absolute atomic E-state index is 15.4. The molecule has 0 bridgehead atoms. The molecular formula is C28H24F3N. The lowest BCUT2D eigenvalue weighted by molar-refractivity contribution is 0.597. The molecule has 0 spiro atoms. The van der Waals surface area contributed by atoms with Crippen LogP contribution < -0.4 is 0 Å². The third-order valence-corrected chi connectivity index (χ3v) is 6.04. The second-order valence-corrected chi connectivity index (χ2v) is 8.23. The number of fused-ring (bicyclic) bond motifs is 3. The lowest BCUT2D eigenvalue weighted by Crippen LogP contribution is -1.95. The average Bonchev–Trinajstić information content (AvgIpc) is 2.79. The van der Waals surface area contributed by atoms with Gasteiger partial charge in [-0.2, -0.15) is 5.26 Å². The van der Waals surface area contributed by atoms with Crippen molar-refractivity contribution < 1.29 is 13.2 Å². The summed E-state index contributed by atoms with van der Waals surface area (Å²) >= 11 is 0. The number of unbranched alkanes of at least 4 members (excludes halogenated alkanes) is 4. The Balaban J connectivity index is 1.72. The van der Waals surface area contributed by atoms with Crippen molar-refractivity contribution in [3.63, 3.8) is 0 Å². The number of nitriles is 1. The van der Waals surface area contributed by atoms with Gasteiger partial charge in [-0.25, -0.2) is 13.2 Å². The van der Waals surface area contributed by atoms with Crippen LogP contribution in [0.2, 0.25) is 0 Å². The van der Waals surface area contributed by atoms with Crippen molar-refractivity contribution in [3.05, 3.63) is 83.2 Å². The van der Waals surface area contributed by atoms with Crippen LogP contribution in [-0.4, -0.2) is 0 Å². The first-order valence-electron chi connectivity index (χ1n) is 11.1. The van der Waals surface area contributed by atoms with Crippen LogP contribution in [0, 0.1) is 28.8 Å². The standard InChI is InChI=1S/C28H24F3N/c1-2-3-4-5-6-7-18-8-12-22-19(14-18)11-13-23-24(22)16-26(30)27(28(23)31)20-9-10-21(17-32)25(29)15-20/h8-16H,2-7H2,1H3. The van der Waals surface area contributed by atoms with Crippen LogP contribution in [0.5, 0.6) is 0 Å². The molecule has 0 aliphatic rings. The van der Waals surface area contributed by atoms with Gasteiger partial charge in [-0.15, -0.1) is 0 Å². The Morgan fingerprint density at radius 3 is 2.28 bits per heavy atom. The summed E-state index contributed by atoms with van der Waals surface area (Å²) in [6.07, 6.45) is 7.06. The highest BCUT2D eigenvalue weighted by atomic mass is 19.1. The van der Waals surface area contributed by atoms with E-state index in [2.05, 4.69) is 13.0 Å². The molecule has 0 saturated carbocycles. The van der Waals surface area contributed by atoms with Crippen molar-refractivity contribution in [1.29, 1.82) is 5.26 Å². The Bertz CT molecular complexity index is 1330. The predicted molar refractivity (Wildman–Crippen MR) is 124 cm³/mol. The van der Waals surface area contributed by atoms with E-state index in [0.717, 1.165) is 29.7 Å². The summed E-state index contributed by atoms with van der Waals surface area (Å²) < 4.78 is 44.4. The quantitative estimate of drug-likeness (QED) is 0.213. The third kappa shape index (κ3) is 4.21. The zero-order chi connectivity index (χ0) is 22.7. The zero-order valence-electron chi connectivity index (χ0n) is 18.0. The van der Waals surface area contributed by atoms with E-state index < -0.39 is 17.5 Å². The Morgan fingerprint density at radius 2 is 1.53 bits per heavy atom. The smallest absolute Gasteiger partial charge is 0.141 e. The van der Waals surface area contributed by atoms with Gasteiger partial charge in [0.15, 0.2) is 0 Å². The second-order valence-electron chi connectivity index (χ2n) is 8.23. The molecule has 4 aromatic carbocycles. The number of benzene rings is 4. The van der Waals surface area contributed by atoms with Crippen molar-refractivity contribution in [2.45, 2.75) is 45.4 Å². The Hall–Kier alpha value is -3.32. The van der Waals surface area contributed by atoms with E-state index in [-0.39, 0.29) is 22.1 Å². The molecule has 0 amide bonds. The molecule has 0 atom stereocenters. The topological polar surface area (TPSA) is 23.8 Å². The van der Waals surface area contributed by atoms with E-state index in [1.807, 2.05) is 18.2 Å². The summed E-state index contributed by atoms with van der Waals surface area (Å²) in [5, 5.41) is 11.4. The van der Waals surface area contributed by atoms with Crippen LogP contribution in [0.15, 0.2) is 54.6 Å². The molecule has 4 aromatic rings. The molecule has 0 aliphatic carbocycles. The van der Waals surface area contributed by atoms with Gasteiger partial charge >= 0.3 is 0 Å². The molecule has 0 saturated heterocycles. The first-order chi connectivity index (χ1) is 15.5. The lowest BCUT2D eigenvalue weighted by atomic mass is 9.94. The number of rotatable bonds is 7. The largest absolute Gasteiger partial charge is 0.206 e. The summed E-state index contributed by atoms with van der Waals surface area (Å²) in [5.41, 5.74) is 0.836. The van der Waals surface area contributed by atoms with Gasteiger partial charge in [0.25, 0.3) is 0 Å². The van der Waals surface area contributed by atoms with Gasteiger partial charge in [0.2, 0.25) is 0 Å². The van der Waals surface area contributed by atoms with Gasteiger partial charge in [0, 0.05) is 5.39 Å². The number of hydrogen-bond donors (Lipinski definition) is 0. The van der Waals surface area contributed by atoms with Gasteiger partial charge in [-0.1, -0.05) is 69.0 Å². The molecule has 0 N–H and O–H groups in total. The van der Waals surface area contributed by atoms with E-state index >= 15 is 8.78 Å². The van der Waals surface area contributed by atoms with E-state index in [9.17, 15) is 4.39 Å². The van der Waals surface area contributed by atoms with E-state index in [1.165, 1.54) is 49.4 Å². The second kappa shape index (κ2) is 9.44. The highest BCUT2D eigenvalue weighted by Crippen LogP contribution is 2.36. The monoisotopic (exact) mass is 431 g/mol. The minimum atomic E-state index is -0.801. The van der Waals surface area contributed by atoms with E-state index in [4.69, 9.17) is 5.26 Å². The molecule has 0 radical (unpaired) electrons. The van der Waals surface area contributed by atoms with E-state index in [1.54, 1.807) is 12.1 Å². The van der Waals surface area contributed by atoms with Crippen LogP contribution in [0.3, 0.4) is 0 Å². The van der Waals surface area contributed by atoms with Gasteiger partial charge < -0.3 is 0 Å². The number of aryl methyl sites for hydroxylation is 1. The first-order valence-corrected chi connectivity index (χ1v) is 11.1. The third-order valence-electron chi connectivity index (χ3n) is 6.04. The molecular weight excluding hydrogens is 407 g/mol. The molecule has 0 aliphatic heterocycles. The SMILES string of the molecule is CCCCCCCc1ccc2c(ccc3c(F)c(-c4ccc(C#N)c(F)c4)c(F)cc32)c1. The molecule has 1 nitrogen and oxygen atoms in total. The highest BCUT2D eigenvalue weighted by molar-refractivity contribution is 6.09. The molecule has 32 heavy (non-hydrogen) atoms. The van der Waals surface area contributed by atoms with Crippen LogP contribution >= 0.6 is 0 Å². The maximum Gasteiger partial charge on any atom is 0.141 e. The van der Waals surface area contributed by atoms with Crippen molar-refractivity contribution in [2.75, 3.05) is 0 Å². The number of hydrogen-bond acceptors (Lipinski definition) is 1. The van der Waals surface area contributed by atoms with Gasteiger partial charge in [-0.05, 0) is 58.3 Å². The maximum atomic E-state index is 15.4. The minimum absolute atomic E-state index is 0.0666. The van der Waals surface area contributed by atoms with Crippen molar-refractivity contribution in [1.82, 2.24) is 0 Å². The molecule has 0 aromatic heterocycles. The summed E-state index contributed by atoms with van der Waals surface area (Å²) in [7, 11) is 0.